The molecule has 3 aliphatic heterocycles. The molecular formula is C28H39N3O4S. The SMILES string of the molecule is CC1C[C@H]2SC13C(C(=O)NC1CCCCC1)N(CCCCO)C(=O)[C@@H]3[C@H]2C(=O)NCc1ccccc1. The van der Waals surface area contributed by atoms with E-state index in [1.165, 1.54) is 6.42 Å². The van der Waals surface area contributed by atoms with Crippen molar-refractivity contribution in [3.05, 3.63) is 35.9 Å². The highest BCUT2D eigenvalue weighted by atomic mass is 32.2. The van der Waals surface area contributed by atoms with Gasteiger partial charge in [0, 0.05) is 31.0 Å². The van der Waals surface area contributed by atoms with Gasteiger partial charge < -0.3 is 20.6 Å². The van der Waals surface area contributed by atoms with Crippen molar-refractivity contribution < 1.29 is 19.5 Å². The van der Waals surface area contributed by atoms with Crippen molar-refractivity contribution in [3.63, 3.8) is 0 Å². The molecule has 0 radical (unpaired) electrons. The van der Waals surface area contributed by atoms with Gasteiger partial charge in [-0.2, -0.15) is 0 Å². The molecule has 3 unspecified atom stereocenters. The Kier molecular flexibility index (Phi) is 7.63. The molecule has 3 heterocycles. The van der Waals surface area contributed by atoms with E-state index in [-0.39, 0.29) is 41.5 Å². The Bertz CT molecular complexity index is 969. The minimum atomic E-state index is -0.575. The molecule has 1 aliphatic carbocycles. The summed E-state index contributed by atoms with van der Waals surface area (Å²) in [5.41, 5.74) is 1.03. The number of fused-ring (bicyclic) bond motifs is 1. The first kappa shape index (κ1) is 25.6. The van der Waals surface area contributed by atoms with Crippen molar-refractivity contribution in [3.8, 4) is 0 Å². The van der Waals surface area contributed by atoms with E-state index in [9.17, 15) is 19.5 Å². The Balaban J connectivity index is 1.40. The third-order valence-electron chi connectivity index (χ3n) is 8.86. The van der Waals surface area contributed by atoms with Gasteiger partial charge in [-0.3, -0.25) is 14.4 Å². The third-order valence-corrected chi connectivity index (χ3v) is 10.9. The van der Waals surface area contributed by atoms with Gasteiger partial charge in [0.05, 0.1) is 16.6 Å². The highest BCUT2D eigenvalue weighted by Crippen LogP contribution is 2.68. The summed E-state index contributed by atoms with van der Waals surface area (Å²) in [6.45, 7) is 3.09. The van der Waals surface area contributed by atoms with Crippen LogP contribution in [0.1, 0.15) is 63.9 Å². The standard InChI is InChI=1S/C28H39N3O4S/c1-18-16-21-22(25(33)29-17-19-10-4-2-5-11-19)23-27(35)31(14-8-9-15-32)24(28(18,23)36-21)26(34)30-20-12-6-3-7-13-20/h2,4-5,10-11,18,20-24,32H,3,6-9,12-17H2,1H3,(H,29,33)(H,30,34)/t18?,21-,22+,23+,24?,28?/m1/s1. The predicted octanol–water partition coefficient (Wildman–Crippen LogP) is 2.86. The van der Waals surface area contributed by atoms with Crippen molar-refractivity contribution in [1.82, 2.24) is 15.5 Å². The molecule has 2 bridgehead atoms. The molecule has 3 amide bonds. The second kappa shape index (κ2) is 10.7. The molecule has 196 valence electrons. The van der Waals surface area contributed by atoms with Crippen molar-refractivity contribution in [1.29, 1.82) is 0 Å². The number of unbranched alkanes of at least 4 members (excludes halogenated alkanes) is 1. The van der Waals surface area contributed by atoms with E-state index in [2.05, 4.69) is 17.6 Å². The molecule has 5 rings (SSSR count). The quantitative estimate of drug-likeness (QED) is 0.441. The van der Waals surface area contributed by atoms with Crippen LogP contribution in [0.15, 0.2) is 30.3 Å². The molecular weight excluding hydrogens is 474 g/mol. The third kappa shape index (κ3) is 4.44. The fraction of sp³-hybridized carbons (Fsp3) is 0.679. The van der Waals surface area contributed by atoms with Gasteiger partial charge in [-0.25, -0.2) is 0 Å². The average Bonchev–Trinajstić information content (AvgIpc) is 3.48. The van der Waals surface area contributed by atoms with Gasteiger partial charge in [-0.05, 0) is 43.6 Å². The molecule has 6 atom stereocenters. The van der Waals surface area contributed by atoms with Crippen LogP contribution in [0, 0.1) is 17.8 Å². The summed E-state index contributed by atoms with van der Waals surface area (Å²) in [4.78, 5) is 43.2. The number of carbonyl (C=O) groups excluding carboxylic acids is 3. The van der Waals surface area contributed by atoms with Crippen LogP contribution in [0.5, 0.6) is 0 Å². The van der Waals surface area contributed by atoms with Crippen LogP contribution in [0.3, 0.4) is 0 Å². The second-order valence-corrected chi connectivity index (χ2v) is 12.6. The van der Waals surface area contributed by atoms with Crippen LogP contribution in [0.2, 0.25) is 0 Å². The normalized spacial score (nSPS) is 33.6. The molecule has 0 aromatic heterocycles. The number of hydrogen-bond donors (Lipinski definition) is 3. The van der Waals surface area contributed by atoms with Crippen molar-refractivity contribution in [2.24, 2.45) is 17.8 Å². The van der Waals surface area contributed by atoms with E-state index < -0.39 is 22.6 Å². The molecule has 1 aromatic carbocycles. The minimum Gasteiger partial charge on any atom is -0.396 e. The van der Waals surface area contributed by atoms with Gasteiger partial charge in [0.2, 0.25) is 17.7 Å². The number of nitrogens with zero attached hydrogens (tertiary/aromatic N) is 1. The van der Waals surface area contributed by atoms with Gasteiger partial charge in [0.15, 0.2) is 0 Å². The largest absolute Gasteiger partial charge is 0.396 e. The van der Waals surface area contributed by atoms with E-state index in [4.69, 9.17) is 0 Å². The van der Waals surface area contributed by atoms with Crippen LogP contribution in [0.25, 0.3) is 0 Å². The molecule has 8 heteroatoms. The Morgan fingerprint density at radius 1 is 1.11 bits per heavy atom. The van der Waals surface area contributed by atoms with Gasteiger partial charge >= 0.3 is 0 Å². The zero-order chi connectivity index (χ0) is 25.3. The maximum atomic E-state index is 14.0. The summed E-state index contributed by atoms with van der Waals surface area (Å²) in [6, 6.07) is 9.41. The number of hydrogen-bond acceptors (Lipinski definition) is 5. The van der Waals surface area contributed by atoms with E-state index in [1.54, 1.807) is 16.7 Å². The van der Waals surface area contributed by atoms with Crippen molar-refractivity contribution >= 4 is 29.5 Å². The lowest BCUT2D eigenvalue weighted by atomic mass is 9.65. The lowest BCUT2D eigenvalue weighted by Crippen LogP contribution is -2.58. The minimum absolute atomic E-state index is 0.0490. The van der Waals surface area contributed by atoms with Crippen LogP contribution in [-0.4, -0.2) is 63.0 Å². The van der Waals surface area contributed by atoms with E-state index in [0.717, 1.165) is 37.7 Å². The van der Waals surface area contributed by atoms with Crippen LogP contribution < -0.4 is 10.6 Å². The number of nitrogens with one attached hydrogen (secondary N) is 2. The summed E-state index contributed by atoms with van der Waals surface area (Å²) in [7, 11) is 0. The van der Waals surface area contributed by atoms with Gasteiger partial charge in [-0.1, -0.05) is 56.5 Å². The van der Waals surface area contributed by atoms with Gasteiger partial charge in [0.25, 0.3) is 0 Å². The van der Waals surface area contributed by atoms with E-state index >= 15 is 0 Å². The van der Waals surface area contributed by atoms with Gasteiger partial charge in [-0.15, -0.1) is 11.8 Å². The summed E-state index contributed by atoms with van der Waals surface area (Å²) in [5, 5.41) is 15.8. The van der Waals surface area contributed by atoms with Crippen LogP contribution in [0.4, 0.5) is 0 Å². The molecule has 36 heavy (non-hydrogen) atoms. The zero-order valence-electron chi connectivity index (χ0n) is 21.2. The number of amides is 3. The smallest absolute Gasteiger partial charge is 0.244 e. The van der Waals surface area contributed by atoms with Crippen molar-refractivity contribution in [2.45, 2.75) is 86.9 Å². The fourth-order valence-corrected chi connectivity index (χ4v) is 9.61. The predicted molar refractivity (Wildman–Crippen MR) is 140 cm³/mol. The van der Waals surface area contributed by atoms with Crippen LogP contribution >= 0.6 is 11.8 Å². The number of thioether (sulfide) groups is 1. The molecule has 4 aliphatic rings. The number of aliphatic hydroxyl groups excluding tert-OH is 1. The number of aliphatic hydroxyl groups is 1. The second-order valence-electron chi connectivity index (χ2n) is 11.1. The topological polar surface area (TPSA) is 98.7 Å². The Hall–Kier alpha value is -2.06. The highest BCUT2D eigenvalue weighted by molar-refractivity contribution is 8.02. The van der Waals surface area contributed by atoms with E-state index in [1.807, 2.05) is 30.3 Å². The van der Waals surface area contributed by atoms with Gasteiger partial charge in [0.1, 0.15) is 6.04 Å². The molecule has 1 saturated carbocycles. The number of benzene rings is 1. The number of likely N-dealkylation sites (tertiary alicyclic amines) is 1. The molecule has 1 spiro atoms. The summed E-state index contributed by atoms with van der Waals surface area (Å²) in [5.74, 6) is -0.916. The number of carbonyl (C=O) groups is 3. The first-order valence-electron chi connectivity index (χ1n) is 13.7. The summed E-state index contributed by atoms with van der Waals surface area (Å²) in [6.07, 6.45) is 7.51. The fourth-order valence-electron chi connectivity index (χ4n) is 7.18. The van der Waals surface area contributed by atoms with Crippen molar-refractivity contribution in [2.75, 3.05) is 13.2 Å². The molecule has 4 fully saturated rings. The Morgan fingerprint density at radius 2 is 1.86 bits per heavy atom. The maximum absolute atomic E-state index is 14.0. The molecule has 3 N–H and O–H groups in total. The first-order chi connectivity index (χ1) is 17.5. The lowest BCUT2D eigenvalue weighted by molar-refractivity contribution is -0.140. The average molecular weight is 514 g/mol. The number of rotatable bonds is 9. The van der Waals surface area contributed by atoms with Crippen LogP contribution in [-0.2, 0) is 20.9 Å². The highest BCUT2D eigenvalue weighted by Gasteiger charge is 2.75. The Labute approximate surface area is 218 Å². The Morgan fingerprint density at radius 3 is 2.58 bits per heavy atom. The first-order valence-corrected chi connectivity index (χ1v) is 14.6. The monoisotopic (exact) mass is 513 g/mol. The summed E-state index contributed by atoms with van der Waals surface area (Å²) >= 11 is 1.73. The van der Waals surface area contributed by atoms with E-state index in [0.29, 0.717) is 25.9 Å². The maximum Gasteiger partial charge on any atom is 0.244 e. The molecule has 3 saturated heterocycles. The summed E-state index contributed by atoms with van der Waals surface area (Å²) < 4.78 is -0.575. The molecule has 7 nitrogen and oxygen atoms in total. The lowest BCUT2D eigenvalue weighted by Gasteiger charge is -2.39. The molecule has 1 aromatic rings. The zero-order valence-corrected chi connectivity index (χ0v) is 22.0.